The molecule has 5 nitrogen and oxygen atoms in total. The second kappa shape index (κ2) is 8.90. The predicted molar refractivity (Wildman–Crippen MR) is 102 cm³/mol. The van der Waals surface area contributed by atoms with Gasteiger partial charge in [-0.2, -0.15) is 0 Å². The first kappa shape index (κ1) is 19.9. The average molecular weight is 423 g/mol. The normalized spacial score (nSPS) is 10.5. The Labute approximate surface area is 167 Å². The number of hydrogen-bond acceptors (Lipinski definition) is 5. The van der Waals surface area contributed by atoms with Gasteiger partial charge in [0.2, 0.25) is 0 Å². The maximum atomic E-state index is 13.5. The summed E-state index contributed by atoms with van der Waals surface area (Å²) < 4.78 is 31.2. The molecule has 0 saturated heterocycles. The van der Waals surface area contributed by atoms with Gasteiger partial charge in [-0.15, -0.1) is 11.3 Å². The molecule has 1 aromatic heterocycles. The molecule has 0 saturated carbocycles. The number of anilines is 1. The van der Waals surface area contributed by atoms with Gasteiger partial charge in [-0.05, 0) is 24.3 Å². The van der Waals surface area contributed by atoms with Crippen molar-refractivity contribution in [1.29, 1.82) is 0 Å². The van der Waals surface area contributed by atoms with E-state index in [1.807, 2.05) is 6.07 Å². The molecule has 1 amide bonds. The van der Waals surface area contributed by atoms with Crippen LogP contribution in [0.5, 0.6) is 0 Å². The van der Waals surface area contributed by atoms with Gasteiger partial charge in [-0.3, -0.25) is 9.59 Å². The number of thiazole rings is 1. The van der Waals surface area contributed by atoms with Crippen molar-refractivity contribution in [2.45, 2.75) is 6.42 Å². The molecule has 3 rings (SSSR count). The number of carbonyl (C=O) groups excluding carboxylic acids is 2. The highest BCUT2D eigenvalue weighted by Gasteiger charge is 2.13. The number of nitrogens with one attached hydrogen (secondary N) is 1. The Bertz CT molecular complexity index is 1030. The monoisotopic (exact) mass is 422 g/mol. The maximum Gasteiger partial charge on any atom is 0.312 e. The smallest absolute Gasteiger partial charge is 0.312 e. The number of benzene rings is 2. The van der Waals surface area contributed by atoms with Crippen molar-refractivity contribution >= 4 is 40.5 Å². The molecule has 28 heavy (non-hydrogen) atoms. The van der Waals surface area contributed by atoms with Crippen molar-refractivity contribution in [3.8, 4) is 10.6 Å². The predicted octanol–water partition coefficient (Wildman–Crippen LogP) is 4.47. The van der Waals surface area contributed by atoms with E-state index in [1.54, 1.807) is 23.6 Å². The van der Waals surface area contributed by atoms with E-state index in [0.717, 1.165) is 17.7 Å². The summed E-state index contributed by atoms with van der Waals surface area (Å²) in [5.41, 5.74) is 1.13. The first-order chi connectivity index (χ1) is 13.4. The summed E-state index contributed by atoms with van der Waals surface area (Å²) in [4.78, 5) is 28.0. The lowest BCUT2D eigenvalue weighted by atomic mass is 10.2. The fraction of sp³-hybridized carbons (Fsp3) is 0.105. The first-order valence-corrected chi connectivity index (χ1v) is 9.27. The third kappa shape index (κ3) is 5.34. The van der Waals surface area contributed by atoms with E-state index in [-0.39, 0.29) is 12.1 Å². The van der Waals surface area contributed by atoms with Gasteiger partial charge in [0.15, 0.2) is 6.61 Å². The minimum Gasteiger partial charge on any atom is -0.455 e. The molecule has 144 valence electrons. The molecular formula is C19H13ClF2N2O3S. The number of rotatable bonds is 6. The average Bonchev–Trinajstić information content (AvgIpc) is 3.11. The number of amides is 1. The fourth-order valence-corrected chi connectivity index (χ4v) is 3.27. The van der Waals surface area contributed by atoms with Gasteiger partial charge in [0.25, 0.3) is 5.91 Å². The van der Waals surface area contributed by atoms with Gasteiger partial charge in [0.05, 0.1) is 17.8 Å². The van der Waals surface area contributed by atoms with Crippen molar-refractivity contribution in [3.05, 3.63) is 70.2 Å². The molecule has 3 aromatic rings. The number of halogens is 3. The molecule has 0 unspecified atom stereocenters. The molecule has 0 atom stereocenters. The number of ether oxygens (including phenoxy) is 1. The van der Waals surface area contributed by atoms with Gasteiger partial charge in [-0.25, -0.2) is 13.8 Å². The topological polar surface area (TPSA) is 68.3 Å². The van der Waals surface area contributed by atoms with E-state index in [2.05, 4.69) is 10.3 Å². The second-order valence-electron chi connectivity index (χ2n) is 5.66. The van der Waals surface area contributed by atoms with Crippen LogP contribution in [-0.2, 0) is 20.7 Å². The first-order valence-electron chi connectivity index (χ1n) is 8.01. The van der Waals surface area contributed by atoms with E-state index < -0.39 is 30.1 Å². The third-order valence-electron chi connectivity index (χ3n) is 3.52. The number of carbonyl (C=O) groups is 2. The van der Waals surface area contributed by atoms with Crippen LogP contribution in [0.4, 0.5) is 14.5 Å². The van der Waals surface area contributed by atoms with Gasteiger partial charge >= 0.3 is 5.97 Å². The highest BCUT2D eigenvalue weighted by molar-refractivity contribution is 7.13. The second-order valence-corrected chi connectivity index (χ2v) is 6.96. The molecule has 1 N–H and O–H groups in total. The summed E-state index contributed by atoms with van der Waals surface area (Å²) >= 11 is 7.31. The molecule has 0 bridgehead atoms. The standard InChI is InChI=1S/C19H13ClF2N2O3S/c20-12-3-1-2-11(6-12)19-23-14(10-28-19)8-18(26)27-9-17(25)24-16-5-4-13(21)7-15(16)22/h1-7,10H,8-9H2,(H,24,25). The van der Waals surface area contributed by atoms with Crippen LogP contribution < -0.4 is 5.32 Å². The summed E-state index contributed by atoms with van der Waals surface area (Å²) in [7, 11) is 0. The zero-order valence-corrected chi connectivity index (χ0v) is 15.8. The van der Waals surface area contributed by atoms with Crippen LogP contribution in [0.1, 0.15) is 5.69 Å². The van der Waals surface area contributed by atoms with Gasteiger partial charge < -0.3 is 10.1 Å². The van der Waals surface area contributed by atoms with Crippen molar-refractivity contribution in [3.63, 3.8) is 0 Å². The Morgan fingerprint density at radius 3 is 2.75 bits per heavy atom. The van der Waals surface area contributed by atoms with E-state index in [0.29, 0.717) is 21.8 Å². The summed E-state index contributed by atoms with van der Waals surface area (Å²) in [6, 6.07) is 9.89. The number of nitrogens with zero attached hydrogens (tertiary/aromatic N) is 1. The molecule has 1 heterocycles. The molecule has 0 aliphatic rings. The summed E-state index contributed by atoms with van der Waals surface area (Å²) in [5, 5.41) is 5.20. The van der Waals surface area contributed by atoms with Crippen LogP contribution in [-0.4, -0.2) is 23.5 Å². The lowest BCUT2D eigenvalue weighted by Crippen LogP contribution is -2.22. The maximum absolute atomic E-state index is 13.5. The molecule has 0 aliphatic carbocycles. The fourth-order valence-electron chi connectivity index (χ4n) is 2.26. The Morgan fingerprint density at radius 1 is 1.18 bits per heavy atom. The largest absolute Gasteiger partial charge is 0.455 e. The van der Waals surface area contributed by atoms with Crippen molar-refractivity contribution < 1.29 is 23.1 Å². The molecule has 0 radical (unpaired) electrons. The molecule has 2 aromatic carbocycles. The van der Waals surface area contributed by atoms with E-state index >= 15 is 0 Å². The Kier molecular flexibility index (Phi) is 6.33. The minimum absolute atomic E-state index is 0.116. The molecule has 0 fully saturated rings. The van der Waals surface area contributed by atoms with Crippen LogP contribution >= 0.6 is 22.9 Å². The molecular weight excluding hydrogens is 410 g/mol. The number of esters is 1. The number of hydrogen-bond donors (Lipinski definition) is 1. The quantitative estimate of drug-likeness (QED) is 0.595. The third-order valence-corrected chi connectivity index (χ3v) is 4.69. The van der Waals surface area contributed by atoms with Crippen LogP contribution in [0, 0.1) is 11.6 Å². The van der Waals surface area contributed by atoms with E-state index in [1.165, 1.54) is 11.3 Å². The van der Waals surface area contributed by atoms with Crippen molar-refractivity contribution in [2.24, 2.45) is 0 Å². The van der Waals surface area contributed by atoms with Gasteiger partial charge in [0, 0.05) is 22.0 Å². The van der Waals surface area contributed by atoms with Crippen LogP contribution in [0.3, 0.4) is 0 Å². The summed E-state index contributed by atoms with van der Waals surface area (Å²) in [6.45, 7) is -0.596. The van der Waals surface area contributed by atoms with Crippen LogP contribution in [0.2, 0.25) is 5.02 Å². The van der Waals surface area contributed by atoms with Crippen LogP contribution in [0.25, 0.3) is 10.6 Å². The van der Waals surface area contributed by atoms with Gasteiger partial charge in [-0.1, -0.05) is 23.7 Å². The lowest BCUT2D eigenvalue weighted by molar-refractivity contribution is -0.146. The lowest BCUT2D eigenvalue weighted by Gasteiger charge is -2.07. The van der Waals surface area contributed by atoms with Gasteiger partial charge in [0.1, 0.15) is 16.6 Å². The van der Waals surface area contributed by atoms with Crippen LogP contribution in [0.15, 0.2) is 47.8 Å². The zero-order chi connectivity index (χ0) is 20.1. The Balaban J connectivity index is 1.51. The van der Waals surface area contributed by atoms with Crippen molar-refractivity contribution in [2.75, 3.05) is 11.9 Å². The zero-order valence-electron chi connectivity index (χ0n) is 14.2. The van der Waals surface area contributed by atoms with Crippen molar-refractivity contribution in [1.82, 2.24) is 4.98 Å². The Hall–Kier alpha value is -2.84. The molecule has 0 aliphatic heterocycles. The Morgan fingerprint density at radius 2 is 2.00 bits per heavy atom. The minimum atomic E-state index is -0.921. The highest BCUT2D eigenvalue weighted by Crippen LogP contribution is 2.26. The number of aromatic nitrogens is 1. The SMILES string of the molecule is O=C(COC(=O)Cc1csc(-c2cccc(Cl)c2)n1)Nc1ccc(F)cc1F. The summed E-state index contributed by atoms with van der Waals surface area (Å²) in [6.07, 6.45) is -0.116. The summed E-state index contributed by atoms with van der Waals surface area (Å²) in [5.74, 6) is -3.08. The van der Waals surface area contributed by atoms with E-state index in [9.17, 15) is 18.4 Å². The highest BCUT2D eigenvalue weighted by atomic mass is 35.5. The van der Waals surface area contributed by atoms with E-state index in [4.69, 9.17) is 16.3 Å². The molecule has 9 heteroatoms. The molecule has 0 spiro atoms.